The van der Waals surface area contributed by atoms with Gasteiger partial charge in [0.15, 0.2) is 0 Å². The molecule has 3 rings (SSSR count). The van der Waals surface area contributed by atoms with Crippen LogP contribution in [0.3, 0.4) is 0 Å². The second kappa shape index (κ2) is 9.09. The number of hydrogen-bond acceptors (Lipinski definition) is 2. The van der Waals surface area contributed by atoms with Gasteiger partial charge in [-0.15, -0.1) is 0 Å². The number of likely N-dealkylation sites (N-methyl/N-ethyl adjacent to an activating group) is 2. The molecular formula is C22H26Cl2N2O. The molecule has 0 N–H and O–H groups in total. The topological polar surface area (TPSA) is 23.6 Å². The van der Waals surface area contributed by atoms with Crippen molar-refractivity contribution in [1.29, 1.82) is 0 Å². The summed E-state index contributed by atoms with van der Waals surface area (Å²) in [6.45, 7) is 1.07. The normalized spacial score (nSPS) is 18.9. The van der Waals surface area contributed by atoms with Gasteiger partial charge in [0.1, 0.15) is 0 Å². The molecular weight excluding hydrogens is 379 g/mol. The second-order valence-electron chi connectivity index (χ2n) is 7.33. The van der Waals surface area contributed by atoms with Crippen LogP contribution in [0.25, 0.3) is 0 Å². The van der Waals surface area contributed by atoms with Gasteiger partial charge in [0.05, 0.1) is 22.5 Å². The Morgan fingerprint density at radius 3 is 2.56 bits per heavy atom. The monoisotopic (exact) mass is 404 g/mol. The molecule has 0 radical (unpaired) electrons. The average molecular weight is 405 g/mol. The van der Waals surface area contributed by atoms with Gasteiger partial charge in [0.2, 0.25) is 5.91 Å². The number of nitrogens with zero attached hydrogens (tertiary/aromatic N) is 2. The van der Waals surface area contributed by atoms with Crippen LogP contribution in [0.4, 0.5) is 0 Å². The van der Waals surface area contributed by atoms with Gasteiger partial charge in [-0.2, -0.15) is 0 Å². The molecule has 1 heterocycles. The lowest BCUT2D eigenvalue weighted by Crippen LogP contribution is -2.48. The van der Waals surface area contributed by atoms with Gasteiger partial charge in [-0.3, -0.25) is 4.79 Å². The lowest BCUT2D eigenvalue weighted by molar-refractivity contribution is -0.133. The van der Waals surface area contributed by atoms with E-state index in [1.54, 1.807) is 12.1 Å². The number of halogens is 2. The van der Waals surface area contributed by atoms with Crippen LogP contribution in [0, 0.1) is 0 Å². The number of carbonyl (C=O) groups excluding carboxylic acids is 1. The van der Waals surface area contributed by atoms with Crippen molar-refractivity contribution >= 4 is 29.1 Å². The first-order chi connectivity index (χ1) is 13.0. The highest BCUT2D eigenvalue weighted by Gasteiger charge is 2.33. The summed E-state index contributed by atoms with van der Waals surface area (Å²) in [6, 6.07) is 16.1. The van der Waals surface area contributed by atoms with E-state index < -0.39 is 0 Å². The van der Waals surface area contributed by atoms with Crippen LogP contribution in [0.1, 0.15) is 36.4 Å². The fourth-order valence-corrected chi connectivity index (χ4v) is 4.28. The van der Waals surface area contributed by atoms with Crippen LogP contribution in [0.5, 0.6) is 0 Å². The van der Waals surface area contributed by atoms with Crippen molar-refractivity contribution in [3.05, 3.63) is 69.7 Å². The SMILES string of the molecule is CN1CCCCC1C(c1ccccc1)N(C)C(=O)Cc1ccc(Cl)c(Cl)c1. The number of benzene rings is 2. The molecule has 2 aromatic rings. The molecule has 1 aliphatic heterocycles. The number of piperidine rings is 1. The molecule has 0 spiro atoms. The smallest absolute Gasteiger partial charge is 0.227 e. The molecule has 27 heavy (non-hydrogen) atoms. The van der Waals surface area contributed by atoms with Crippen molar-refractivity contribution in [2.75, 3.05) is 20.6 Å². The maximum atomic E-state index is 13.1. The van der Waals surface area contributed by atoms with Crippen LogP contribution in [0.15, 0.2) is 48.5 Å². The van der Waals surface area contributed by atoms with E-state index in [0.29, 0.717) is 22.5 Å². The van der Waals surface area contributed by atoms with Gasteiger partial charge in [0, 0.05) is 13.1 Å². The molecule has 0 saturated carbocycles. The number of likely N-dealkylation sites (tertiary alicyclic amines) is 1. The molecule has 5 heteroatoms. The summed E-state index contributed by atoms with van der Waals surface area (Å²) in [5.74, 6) is 0.0845. The first-order valence-electron chi connectivity index (χ1n) is 9.42. The van der Waals surface area contributed by atoms with Crippen LogP contribution in [-0.2, 0) is 11.2 Å². The molecule has 144 valence electrons. The molecule has 2 aromatic carbocycles. The van der Waals surface area contributed by atoms with E-state index in [4.69, 9.17) is 23.2 Å². The Hall–Kier alpha value is -1.55. The van der Waals surface area contributed by atoms with Gasteiger partial charge in [-0.1, -0.05) is 66.0 Å². The van der Waals surface area contributed by atoms with E-state index in [1.165, 1.54) is 18.4 Å². The Morgan fingerprint density at radius 2 is 1.89 bits per heavy atom. The largest absolute Gasteiger partial charge is 0.337 e. The van der Waals surface area contributed by atoms with E-state index in [0.717, 1.165) is 18.5 Å². The zero-order valence-corrected chi connectivity index (χ0v) is 17.4. The maximum absolute atomic E-state index is 13.1. The molecule has 0 aliphatic carbocycles. The first-order valence-corrected chi connectivity index (χ1v) is 10.2. The summed E-state index contributed by atoms with van der Waals surface area (Å²) in [7, 11) is 4.08. The Labute approximate surface area is 171 Å². The number of amides is 1. The van der Waals surface area contributed by atoms with E-state index in [1.807, 2.05) is 36.2 Å². The van der Waals surface area contributed by atoms with Crippen molar-refractivity contribution in [3.8, 4) is 0 Å². The lowest BCUT2D eigenvalue weighted by Gasteiger charge is -2.42. The summed E-state index contributed by atoms with van der Waals surface area (Å²) < 4.78 is 0. The van der Waals surface area contributed by atoms with E-state index in [-0.39, 0.29) is 11.9 Å². The van der Waals surface area contributed by atoms with Crippen LogP contribution in [0.2, 0.25) is 10.0 Å². The Bertz CT molecular complexity index is 781. The molecule has 2 unspecified atom stereocenters. The predicted octanol–water partition coefficient (Wildman–Crippen LogP) is 5.22. The Kier molecular flexibility index (Phi) is 6.80. The molecule has 0 aromatic heterocycles. The van der Waals surface area contributed by atoms with Gasteiger partial charge < -0.3 is 9.80 Å². The highest BCUT2D eigenvalue weighted by Crippen LogP contribution is 2.32. The molecule has 1 aliphatic rings. The number of rotatable bonds is 5. The van der Waals surface area contributed by atoms with Gasteiger partial charge >= 0.3 is 0 Å². The fourth-order valence-electron chi connectivity index (χ4n) is 3.96. The van der Waals surface area contributed by atoms with Crippen molar-refractivity contribution in [3.63, 3.8) is 0 Å². The Morgan fingerprint density at radius 1 is 1.15 bits per heavy atom. The van der Waals surface area contributed by atoms with Gasteiger partial charge in [0.25, 0.3) is 0 Å². The molecule has 2 atom stereocenters. The highest BCUT2D eigenvalue weighted by atomic mass is 35.5. The van der Waals surface area contributed by atoms with Crippen LogP contribution >= 0.6 is 23.2 Å². The number of hydrogen-bond donors (Lipinski definition) is 0. The average Bonchev–Trinajstić information content (AvgIpc) is 2.67. The molecule has 0 bridgehead atoms. The van der Waals surface area contributed by atoms with E-state index >= 15 is 0 Å². The standard InChI is InChI=1S/C22H26Cl2N2O/c1-25-13-7-6-10-20(25)22(17-8-4-3-5-9-17)26(2)21(27)15-16-11-12-18(23)19(24)14-16/h3-5,8-9,11-12,14,20,22H,6-7,10,13,15H2,1-2H3. The minimum atomic E-state index is 0.0340. The molecule has 1 saturated heterocycles. The highest BCUT2D eigenvalue weighted by molar-refractivity contribution is 6.42. The zero-order chi connectivity index (χ0) is 19.4. The lowest BCUT2D eigenvalue weighted by atomic mass is 9.90. The number of carbonyl (C=O) groups is 1. The van der Waals surface area contributed by atoms with Crippen molar-refractivity contribution in [1.82, 2.24) is 9.80 Å². The molecule has 1 amide bonds. The zero-order valence-electron chi connectivity index (χ0n) is 15.9. The first kappa shape index (κ1) is 20.2. The summed E-state index contributed by atoms with van der Waals surface area (Å²) in [5.41, 5.74) is 2.06. The third-order valence-electron chi connectivity index (χ3n) is 5.48. The minimum absolute atomic E-state index is 0.0340. The summed E-state index contributed by atoms with van der Waals surface area (Å²) in [6.07, 6.45) is 3.83. The minimum Gasteiger partial charge on any atom is -0.337 e. The summed E-state index contributed by atoms with van der Waals surface area (Å²) in [4.78, 5) is 17.4. The van der Waals surface area contributed by atoms with Gasteiger partial charge in [-0.05, 0) is 49.7 Å². The summed E-state index contributed by atoms with van der Waals surface area (Å²) >= 11 is 12.1. The maximum Gasteiger partial charge on any atom is 0.227 e. The van der Waals surface area contributed by atoms with Crippen molar-refractivity contribution < 1.29 is 4.79 Å². The third kappa shape index (κ3) is 4.84. The predicted molar refractivity (Wildman–Crippen MR) is 112 cm³/mol. The van der Waals surface area contributed by atoms with Crippen molar-refractivity contribution in [2.24, 2.45) is 0 Å². The van der Waals surface area contributed by atoms with E-state index in [2.05, 4.69) is 24.1 Å². The molecule has 3 nitrogen and oxygen atoms in total. The summed E-state index contributed by atoms with van der Waals surface area (Å²) in [5, 5.41) is 0.989. The third-order valence-corrected chi connectivity index (χ3v) is 6.22. The second-order valence-corrected chi connectivity index (χ2v) is 8.14. The van der Waals surface area contributed by atoms with Crippen molar-refractivity contribution in [2.45, 2.75) is 37.8 Å². The quantitative estimate of drug-likeness (QED) is 0.681. The van der Waals surface area contributed by atoms with Crippen LogP contribution in [-0.4, -0.2) is 42.4 Å². The molecule has 1 fully saturated rings. The van der Waals surface area contributed by atoms with Gasteiger partial charge in [-0.25, -0.2) is 0 Å². The van der Waals surface area contributed by atoms with E-state index in [9.17, 15) is 4.79 Å². The fraction of sp³-hybridized carbons (Fsp3) is 0.409. The Balaban J connectivity index is 1.84. The van der Waals surface area contributed by atoms with Crippen LogP contribution < -0.4 is 0 Å².